The Morgan fingerprint density at radius 1 is 1.33 bits per heavy atom. The van der Waals surface area contributed by atoms with E-state index in [4.69, 9.17) is 4.74 Å². The van der Waals surface area contributed by atoms with Gasteiger partial charge in [-0.1, -0.05) is 24.3 Å². The van der Waals surface area contributed by atoms with E-state index in [-0.39, 0.29) is 0 Å². The topological polar surface area (TPSA) is 9.23 Å². The van der Waals surface area contributed by atoms with Crippen molar-refractivity contribution in [3.8, 4) is 0 Å². The van der Waals surface area contributed by atoms with Gasteiger partial charge in [0, 0.05) is 12.0 Å². The third-order valence-corrected chi connectivity index (χ3v) is 3.85. The van der Waals surface area contributed by atoms with Gasteiger partial charge in [-0.25, -0.2) is 0 Å². The van der Waals surface area contributed by atoms with Crippen LogP contribution in [0.1, 0.15) is 18.2 Å². The van der Waals surface area contributed by atoms with Gasteiger partial charge >= 0.3 is 0 Å². The molecule has 1 unspecified atom stereocenters. The van der Waals surface area contributed by atoms with Gasteiger partial charge in [0.25, 0.3) is 0 Å². The number of benzene rings is 1. The molecule has 0 radical (unpaired) electrons. The molecular formula is C13H16OS. The summed E-state index contributed by atoms with van der Waals surface area (Å²) in [6, 6.07) is 8.59. The second kappa shape index (κ2) is 4.77. The molecule has 15 heavy (non-hydrogen) atoms. The first-order valence-corrected chi connectivity index (χ1v) is 6.17. The molecule has 0 spiro atoms. The van der Waals surface area contributed by atoms with Crippen molar-refractivity contribution in [2.45, 2.75) is 25.9 Å². The summed E-state index contributed by atoms with van der Waals surface area (Å²) in [6.07, 6.45) is 2.57. The van der Waals surface area contributed by atoms with Crippen molar-refractivity contribution >= 4 is 22.1 Å². The first-order valence-electron chi connectivity index (χ1n) is 5.29. The Labute approximate surface area is 94.7 Å². The lowest BCUT2D eigenvalue weighted by Gasteiger charge is -2.07. The molecule has 1 aromatic carbocycles. The maximum absolute atomic E-state index is 5.27. The zero-order valence-electron chi connectivity index (χ0n) is 9.19. The molecular weight excluding hydrogens is 204 g/mol. The van der Waals surface area contributed by atoms with Crippen molar-refractivity contribution in [3.63, 3.8) is 0 Å². The van der Waals surface area contributed by atoms with Gasteiger partial charge in [-0.2, -0.15) is 0 Å². The van der Waals surface area contributed by atoms with Gasteiger partial charge in [0.15, 0.2) is 0 Å². The standard InChI is InChI=1S/C13H16OS/c1-10(14-2)7-8-13-12-6-4-3-5-11(12)9-15-13/h3-6,9-10H,7-8H2,1-2H3. The molecule has 1 atom stereocenters. The van der Waals surface area contributed by atoms with E-state index in [0.717, 1.165) is 12.8 Å². The van der Waals surface area contributed by atoms with Gasteiger partial charge in [-0.15, -0.1) is 11.3 Å². The average molecular weight is 220 g/mol. The van der Waals surface area contributed by atoms with E-state index in [2.05, 4.69) is 36.6 Å². The normalized spacial score (nSPS) is 13.2. The fourth-order valence-corrected chi connectivity index (χ4v) is 2.72. The summed E-state index contributed by atoms with van der Waals surface area (Å²) in [5.74, 6) is 0. The number of ether oxygens (including phenoxy) is 1. The average Bonchev–Trinajstić information content (AvgIpc) is 2.69. The van der Waals surface area contributed by atoms with Crippen molar-refractivity contribution in [2.24, 2.45) is 0 Å². The second-order valence-electron chi connectivity index (χ2n) is 3.83. The Morgan fingerprint density at radius 3 is 2.93 bits per heavy atom. The first-order chi connectivity index (χ1) is 7.31. The van der Waals surface area contributed by atoms with E-state index in [0.29, 0.717) is 6.10 Å². The molecule has 2 heteroatoms. The van der Waals surface area contributed by atoms with Crippen LogP contribution in [0.5, 0.6) is 0 Å². The van der Waals surface area contributed by atoms with Crippen LogP contribution in [0.2, 0.25) is 0 Å². The molecule has 1 nitrogen and oxygen atoms in total. The quantitative estimate of drug-likeness (QED) is 0.760. The molecule has 2 aromatic rings. The summed E-state index contributed by atoms with van der Waals surface area (Å²) < 4.78 is 5.27. The molecule has 0 amide bonds. The molecule has 0 aliphatic carbocycles. The van der Waals surface area contributed by atoms with E-state index in [1.54, 1.807) is 7.11 Å². The molecule has 2 rings (SSSR count). The number of aryl methyl sites for hydroxylation is 1. The molecule has 80 valence electrons. The predicted molar refractivity (Wildman–Crippen MR) is 66.6 cm³/mol. The monoisotopic (exact) mass is 220 g/mol. The van der Waals surface area contributed by atoms with Crippen LogP contribution in [0.3, 0.4) is 0 Å². The summed E-state index contributed by atoms with van der Waals surface area (Å²) in [5.41, 5.74) is 0. The van der Waals surface area contributed by atoms with Gasteiger partial charge in [-0.3, -0.25) is 0 Å². The highest BCUT2D eigenvalue weighted by atomic mass is 32.1. The lowest BCUT2D eigenvalue weighted by molar-refractivity contribution is 0.111. The van der Waals surface area contributed by atoms with Crippen molar-refractivity contribution in [1.82, 2.24) is 0 Å². The molecule has 1 aromatic heterocycles. The highest BCUT2D eigenvalue weighted by molar-refractivity contribution is 7.11. The van der Waals surface area contributed by atoms with Crippen molar-refractivity contribution < 1.29 is 4.74 Å². The van der Waals surface area contributed by atoms with Crippen LogP contribution >= 0.6 is 11.3 Å². The smallest absolute Gasteiger partial charge is 0.0546 e. The summed E-state index contributed by atoms with van der Waals surface area (Å²) in [4.78, 5) is 1.48. The van der Waals surface area contributed by atoms with E-state index < -0.39 is 0 Å². The second-order valence-corrected chi connectivity index (χ2v) is 4.80. The van der Waals surface area contributed by atoms with Crippen molar-refractivity contribution in [2.75, 3.05) is 7.11 Å². The summed E-state index contributed by atoms with van der Waals surface area (Å²) in [7, 11) is 1.77. The van der Waals surface area contributed by atoms with Crippen molar-refractivity contribution in [3.05, 3.63) is 34.5 Å². The third-order valence-electron chi connectivity index (χ3n) is 2.77. The number of fused-ring (bicyclic) bond motifs is 1. The van der Waals surface area contributed by atoms with Gasteiger partial charge in [0.2, 0.25) is 0 Å². The van der Waals surface area contributed by atoms with Crippen LogP contribution in [0.4, 0.5) is 0 Å². The van der Waals surface area contributed by atoms with E-state index >= 15 is 0 Å². The molecule has 1 heterocycles. The minimum atomic E-state index is 0.353. The molecule has 0 saturated carbocycles. The lowest BCUT2D eigenvalue weighted by atomic mass is 10.1. The number of rotatable bonds is 4. The Hall–Kier alpha value is -0.860. The van der Waals surface area contributed by atoms with Crippen LogP contribution in [0, 0.1) is 0 Å². The predicted octanol–water partition coefficient (Wildman–Crippen LogP) is 3.87. The van der Waals surface area contributed by atoms with E-state index in [9.17, 15) is 0 Å². The fourth-order valence-electron chi connectivity index (χ4n) is 1.70. The Kier molecular flexibility index (Phi) is 3.39. The van der Waals surface area contributed by atoms with E-state index in [1.165, 1.54) is 15.6 Å². The molecule has 0 bridgehead atoms. The number of methoxy groups -OCH3 is 1. The lowest BCUT2D eigenvalue weighted by Crippen LogP contribution is -2.05. The Bertz CT molecular complexity index is 433. The molecule has 0 fully saturated rings. The van der Waals surface area contributed by atoms with Gasteiger partial charge in [0.1, 0.15) is 0 Å². The van der Waals surface area contributed by atoms with Gasteiger partial charge < -0.3 is 4.74 Å². The van der Waals surface area contributed by atoms with Crippen molar-refractivity contribution in [1.29, 1.82) is 0 Å². The highest BCUT2D eigenvalue weighted by Crippen LogP contribution is 2.26. The summed E-state index contributed by atoms with van der Waals surface area (Å²) in [6.45, 7) is 2.12. The van der Waals surface area contributed by atoms with Crippen LogP contribution in [-0.2, 0) is 11.2 Å². The minimum Gasteiger partial charge on any atom is -0.382 e. The summed E-state index contributed by atoms with van der Waals surface area (Å²) >= 11 is 1.86. The zero-order chi connectivity index (χ0) is 10.7. The number of hydrogen-bond acceptors (Lipinski definition) is 2. The molecule has 0 aliphatic rings. The van der Waals surface area contributed by atoms with Crippen LogP contribution in [0.15, 0.2) is 29.6 Å². The minimum absolute atomic E-state index is 0.353. The molecule has 0 N–H and O–H groups in total. The van der Waals surface area contributed by atoms with E-state index in [1.807, 2.05) is 11.3 Å². The largest absolute Gasteiger partial charge is 0.382 e. The van der Waals surface area contributed by atoms with Crippen LogP contribution in [0.25, 0.3) is 10.8 Å². The maximum Gasteiger partial charge on any atom is 0.0546 e. The maximum atomic E-state index is 5.27. The van der Waals surface area contributed by atoms with Crippen LogP contribution < -0.4 is 0 Å². The van der Waals surface area contributed by atoms with Gasteiger partial charge in [0.05, 0.1) is 6.10 Å². The SMILES string of the molecule is COC(C)CCc1scc2ccccc12. The Morgan fingerprint density at radius 2 is 2.13 bits per heavy atom. The molecule has 0 aliphatic heterocycles. The van der Waals surface area contributed by atoms with Crippen LogP contribution in [-0.4, -0.2) is 13.2 Å². The molecule has 0 saturated heterocycles. The number of hydrogen-bond donors (Lipinski definition) is 0. The van der Waals surface area contributed by atoms with Gasteiger partial charge in [-0.05, 0) is 35.9 Å². The highest BCUT2D eigenvalue weighted by Gasteiger charge is 2.05. The summed E-state index contributed by atoms with van der Waals surface area (Å²) in [5, 5.41) is 5.01. The number of thiophene rings is 1. The zero-order valence-corrected chi connectivity index (χ0v) is 10.0. The Balaban J connectivity index is 2.14. The first kappa shape index (κ1) is 10.7. The third kappa shape index (κ3) is 2.39. The fraction of sp³-hybridized carbons (Fsp3) is 0.385.